The topological polar surface area (TPSA) is 70.0 Å². The molecule has 0 heterocycles. The van der Waals surface area contributed by atoms with E-state index in [1.165, 1.54) is 6.07 Å². The van der Waals surface area contributed by atoms with Crippen molar-refractivity contribution >= 4 is 11.7 Å². The third kappa shape index (κ3) is 5.30. The first kappa shape index (κ1) is 16.8. The number of hydrogen-bond donors (Lipinski definition) is 1. The van der Waals surface area contributed by atoms with Crippen molar-refractivity contribution in [3.63, 3.8) is 0 Å². The van der Waals surface area contributed by atoms with E-state index in [-0.39, 0.29) is 18.4 Å². The average Bonchev–Trinajstić information content (AvgIpc) is 2.47. The summed E-state index contributed by atoms with van der Waals surface area (Å²) in [6, 6.07) is 4.25. The van der Waals surface area contributed by atoms with E-state index in [1.54, 1.807) is 0 Å². The van der Waals surface area contributed by atoms with E-state index in [1.807, 2.05) is 13.0 Å². The van der Waals surface area contributed by atoms with E-state index in [2.05, 4.69) is 5.32 Å². The molecule has 0 aliphatic rings. The number of nitrogens with zero attached hydrogens (tertiary/aromatic N) is 1. The van der Waals surface area contributed by atoms with Gasteiger partial charge in [0, 0.05) is 18.4 Å². The van der Waals surface area contributed by atoms with Gasteiger partial charge < -0.3 is 5.32 Å². The van der Waals surface area contributed by atoms with Crippen LogP contribution >= 0.6 is 0 Å². The fourth-order valence-corrected chi connectivity index (χ4v) is 1.77. The van der Waals surface area contributed by atoms with Gasteiger partial charge in [0.05, 0.1) is 6.07 Å². The first-order valence-corrected chi connectivity index (χ1v) is 6.65. The number of nitriles is 1. The SMILES string of the molecule is CCC[C@H](C#N)NC(=O)CCC(=O)c1ccc(F)c(F)c1. The van der Waals surface area contributed by atoms with Crippen molar-refractivity contribution in [2.75, 3.05) is 0 Å². The van der Waals surface area contributed by atoms with Crippen LogP contribution < -0.4 is 5.32 Å². The third-order valence-electron chi connectivity index (χ3n) is 2.89. The molecular formula is C15H16F2N2O2. The lowest BCUT2D eigenvalue weighted by Gasteiger charge is -2.10. The summed E-state index contributed by atoms with van der Waals surface area (Å²) < 4.78 is 25.7. The number of nitrogens with one attached hydrogen (secondary N) is 1. The van der Waals surface area contributed by atoms with Crippen LogP contribution in [0.2, 0.25) is 0 Å². The maximum absolute atomic E-state index is 13.0. The van der Waals surface area contributed by atoms with E-state index >= 15 is 0 Å². The molecule has 1 aromatic rings. The summed E-state index contributed by atoms with van der Waals surface area (Å²) in [6.45, 7) is 1.89. The molecule has 1 aromatic carbocycles. The minimum atomic E-state index is -1.10. The van der Waals surface area contributed by atoms with Gasteiger partial charge in [-0.1, -0.05) is 13.3 Å². The number of ketones is 1. The van der Waals surface area contributed by atoms with Crippen LogP contribution in [0.3, 0.4) is 0 Å². The molecule has 0 aliphatic carbocycles. The highest BCUT2D eigenvalue weighted by Gasteiger charge is 2.14. The van der Waals surface area contributed by atoms with Crippen LogP contribution in [0.4, 0.5) is 8.78 Å². The van der Waals surface area contributed by atoms with Gasteiger partial charge in [0.15, 0.2) is 17.4 Å². The standard InChI is InChI=1S/C15H16F2N2O2/c1-2-3-11(9-18)19-15(21)7-6-14(20)10-4-5-12(16)13(17)8-10/h4-5,8,11H,2-3,6-7H2,1H3,(H,19,21)/t11-/m1/s1. The maximum Gasteiger partial charge on any atom is 0.221 e. The fraction of sp³-hybridized carbons (Fsp3) is 0.400. The molecule has 0 saturated carbocycles. The van der Waals surface area contributed by atoms with Crippen LogP contribution in [0, 0.1) is 23.0 Å². The largest absolute Gasteiger partial charge is 0.340 e. The zero-order chi connectivity index (χ0) is 15.8. The summed E-state index contributed by atoms with van der Waals surface area (Å²) in [5.41, 5.74) is 0.0205. The summed E-state index contributed by atoms with van der Waals surface area (Å²) in [7, 11) is 0. The third-order valence-corrected chi connectivity index (χ3v) is 2.89. The first-order chi connectivity index (χ1) is 9.97. The van der Waals surface area contributed by atoms with Crippen molar-refractivity contribution in [1.82, 2.24) is 5.32 Å². The van der Waals surface area contributed by atoms with Crippen LogP contribution in [0.5, 0.6) is 0 Å². The number of hydrogen-bond acceptors (Lipinski definition) is 3. The van der Waals surface area contributed by atoms with Gasteiger partial charge in [-0.05, 0) is 24.6 Å². The Labute approximate surface area is 121 Å². The lowest BCUT2D eigenvalue weighted by molar-refractivity contribution is -0.121. The number of amides is 1. The Kier molecular flexibility index (Phi) is 6.47. The highest BCUT2D eigenvalue weighted by Crippen LogP contribution is 2.11. The van der Waals surface area contributed by atoms with E-state index in [0.29, 0.717) is 6.42 Å². The molecule has 0 aliphatic heterocycles. The second-order valence-corrected chi connectivity index (χ2v) is 4.59. The van der Waals surface area contributed by atoms with Crippen molar-refractivity contribution in [3.8, 4) is 6.07 Å². The number of Topliss-reactive ketones (excluding diaryl/α,β-unsaturated/α-hetero) is 1. The molecule has 0 unspecified atom stereocenters. The van der Waals surface area contributed by atoms with Gasteiger partial charge in [-0.15, -0.1) is 0 Å². The summed E-state index contributed by atoms with van der Waals surface area (Å²) in [6.07, 6.45) is 1.08. The van der Waals surface area contributed by atoms with E-state index in [4.69, 9.17) is 5.26 Å². The van der Waals surface area contributed by atoms with Gasteiger partial charge in [0.1, 0.15) is 6.04 Å². The number of benzene rings is 1. The average molecular weight is 294 g/mol. The minimum absolute atomic E-state index is 0.0205. The maximum atomic E-state index is 13.0. The second kappa shape index (κ2) is 8.10. The minimum Gasteiger partial charge on any atom is -0.340 e. The predicted molar refractivity (Wildman–Crippen MR) is 72.4 cm³/mol. The number of carbonyl (C=O) groups is 2. The van der Waals surface area contributed by atoms with Gasteiger partial charge in [-0.25, -0.2) is 8.78 Å². The smallest absolute Gasteiger partial charge is 0.221 e. The summed E-state index contributed by atoms with van der Waals surface area (Å²) in [5.74, 6) is -2.99. The van der Waals surface area contributed by atoms with Gasteiger partial charge in [-0.3, -0.25) is 9.59 Å². The normalized spacial score (nSPS) is 11.5. The molecule has 0 spiro atoms. The summed E-state index contributed by atoms with van der Waals surface area (Å²) in [5, 5.41) is 11.3. The summed E-state index contributed by atoms with van der Waals surface area (Å²) >= 11 is 0. The molecular weight excluding hydrogens is 278 g/mol. The molecule has 112 valence electrons. The number of rotatable bonds is 7. The molecule has 0 saturated heterocycles. The highest BCUT2D eigenvalue weighted by atomic mass is 19.2. The Morgan fingerprint density at radius 3 is 2.57 bits per heavy atom. The molecule has 0 aromatic heterocycles. The van der Waals surface area contributed by atoms with Gasteiger partial charge in [0.25, 0.3) is 0 Å². The molecule has 0 fully saturated rings. The Morgan fingerprint density at radius 1 is 1.29 bits per heavy atom. The second-order valence-electron chi connectivity index (χ2n) is 4.59. The molecule has 0 radical (unpaired) electrons. The number of carbonyl (C=O) groups excluding carboxylic acids is 2. The lowest BCUT2D eigenvalue weighted by atomic mass is 10.1. The molecule has 1 rings (SSSR count). The van der Waals surface area contributed by atoms with Crippen LogP contribution in [0.15, 0.2) is 18.2 Å². The van der Waals surface area contributed by atoms with E-state index in [9.17, 15) is 18.4 Å². The molecule has 4 nitrogen and oxygen atoms in total. The van der Waals surface area contributed by atoms with E-state index < -0.39 is 29.4 Å². The Balaban J connectivity index is 2.51. The molecule has 1 N–H and O–H groups in total. The van der Waals surface area contributed by atoms with Crippen LogP contribution in [-0.2, 0) is 4.79 Å². The van der Waals surface area contributed by atoms with Gasteiger partial charge in [-0.2, -0.15) is 5.26 Å². The summed E-state index contributed by atoms with van der Waals surface area (Å²) in [4.78, 5) is 23.4. The fourth-order valence-electron chi connectivity index (χ4n) is 1.77. The molecule has 6 heteroatoms. The quantitative estimate of drug-likeness (QED) is 0.786. The molecule has 21 heavy (non-hydrogen) atoms. The first-order valence-electron chi connectivity index (χ1n) is 6.65. The van der Waals surface area contributed by atoms with Crippen molar-refractivity contribution in [2.45, 2.75) is 38.6 Å². The predicted octanol–water partition coefficient (Wildman–Crippen LogP) is 2.74. The van der Waals surface area contributed by atoms with Crippen molar-refractivity contribution in [1.29, 1.82) is 5.26 Å². The molecule has 1 atom stereocenters. The van der Waals surface area contributed by atoms with Gasteiger partial charge in [0.2, 0.25) is 5.91 Å². The van der Waals surface area contributed by atoms with Crippen molar-refractivity contribution < 1.29 is 18.4 Å². The zero-order valence-electron chi connectivity index (χ0n) is 11.7. The van der Waals surface area contributed by atoms with E-state index in [0.717, 1.165) is 18.6 Å². The van der Waals surface area contributed by atoms with Crippen LogP contribution in [0.25, 0.3) is 0 Å². The Bertz CT molecular complexity index is 567. The highest BCUT2D eigenvalue weighted by molar-refractivity contribution is 5.97. The van der Waals surface area contributed by atoms with Crippen molar-refractivity contribution in [2.24, 2.45) is 0 Å². The van der Waals surface area contributed by atoms with Crippen LogP contribution in [-0.4, -0.2) is 17.7 Å². The van der Waals surface area contributed by atoms with Gasteiger partial charge >= 0.3 is 0 Å². The monoisotopic (exact) mass is 294 g/mol. The molecule has 1 amide bonds. The number of halogens is 2. The Hall–Kier alpha value is -2.29. The van der Waals surface area contributed by atoms with Crippen molar-refractivity contribution in [3.05, 3.63) is 35.4 Å². The van der Waals surface area contributed by atoms with Crippen LogP contribution in [0.1, 0.15) is 43.0 Å². The Morgan fingerprint density at radius 2 is 2.00 bits per heavy atom. The molecule has 0 bridgehead atoms. The zero-order valence-corrected chi connectivity index (χ0v) is 11.7. The lowest BCUT2D eigenvalue weighted by Crippen LogP contribution is -2.33.